The number of benzene rings is 1. The molecule has 0 bridgehead atoms. The standard InChI is InChI=1S/C8H7BrN2/c9-5-1-2-8-6(3-5)7(10)4-11-8/h1-4,11H,10H2. The van der Waals surface area contributed by atoms with Gasteiger partial charge in [-0.15, -0.1) is 0 Å². The van der Waals surface area contributed by atoms with E-state index in [1.54, 1.807) is 6.20 Å². The van der Waals surface area contributed by atoms with E-state index in [0.717, 1.165) is 21.1 Å². The molecule has 1 aromatic heterocycles. The Morgan fingerprint density at radius 3 is 3.00 bits per heavy atom. The summed E-state index contributed by atoms with van der Waals surface area (Å²) in [4.78, 5) is 3.07. The molecule has 0 fully saturated rings. The van der Waals surface area contributed by atoms with Gasteiger partial charge in [0.25, 0.3) is 0 Å². The Morgan fingerprint density at radius 2 is 2.18 bits per heavy atom. The van der Waals surface area contributed by atoms with Crippen LogP contribution in [-0.2, 0) is 0 Å². The van der Waals surface area contributed by atoms with Gasteiger partial charge in [0.15, 0.2) is 0 Å². The highest BCUT2D eigenvalue weighted by Crippen LogP contribution is 2.23. The molecule has 1 heterocycles. The lowest BCUT2D eigenvalue weighted by atomic mass is 10.2. The molecule has 3 N–H and O–H groups in total. The summed E-state index contributed by atoms with van der Waals surface area (Å²) in [6.07, 6.45) is 1.80. The van der Waals surface area contributed by atoms with E-state index in [1.807, 2.05) is 18.2 Å². The lowest BCUT2D eigenvalue weighted by molar-refractivity contribution is 1.47. The van der Waals surface area contributed by atoms with Crippen molar-refractivity contribution in [1.29, 1.82) is 0 Å². The predicted molar refractivity (Wildman–Crippen MR) is 50.4 cm³/mol. The van der Waals surface area contributed by atoms with Gasteiger partial charge in [-0.05, 0) is 18.2 Å². The summed E-state index contributed by atoms with van der Waals surface area (Å²) in [5.74, 6) is 0. The number of aromatic nitrogens is 1. The molecule has 0 aliphatic rings. The molecule has 2 rings (SSSR count). The van der Waals surface area contributed by atoms with Gasteiger partial charge in [-0.3, -0.25) is 0 Å². The maximum atomic E-state index is 5.69. The molecular weight excluding hydrogens is 204 g/mol. The van der Waals surface area contributed by atoms with E-state index in [-0.39, 0.29) is 0 Å². The SMILES string of the molecule is Nc1c[nH]c2ccc(Br)cc12. The van der Waals surface area contributed by atoms with Gasteiger partial charge in [-0.1, -0.05) is 15.9 Å². The van der Waals surface area contributed by atoms with E-state index in [4.69, 9.17) is 5.73 Å². The maximum Gasteiger partial charge on any atom is 0.0572 e. The second kappa shape index (κ2) is 2.27. The monoisotopic (exact) mass is 210 g/mol. The van der Waals surface area contributed by atoms with Gasteiger partial charge >= 0.3 is 0 Å². The van der Waals surface area contributed by atoms with Gasteiger partial charge in [-0.2, -0.15) is 0 Å². The molecular formula is C8H7BrN2. The van der Waals surface area contributed by atoms with E-state index in [1.165, 1.54) is 0 Å². The number of hydrogen-bond donors (Lipinski definition) is 2. The average molecular weight is 211 g/mol. The largest absolute Gasteiger partial charge is 0.397 e. The summed E-state index contributed by atoms with van der Waals surface area (Å²) in [7, 11) is 0. The Labute approximate surface area is 72.5 Å². The Kier molecular flexibility index (Phi) is 1.39. The molecule has 0 unspecified atom stereocenters. The van der Waals surface area contributed by atoms with Crippen molar-refractivity contribution in [1.82, 2.24) is 4.98 Å². The minimum absolute atomic E-state index is 0.793. The number of fused-ring (bicyclic) bond motifs is 1. The molecule has 1 aromatic carbocycles. The van der Waals surface area contributed by atoms with E-state index in [2.05, 4.69) is 20.9 Å². The fraction of sp³-hybridized carbons (Fsp3) is 0. The molecule has 0 aliphatic heterocycles. The number of anilines is 1. The number of nitrogens with one attached hydrogen (secondary N) is 1. The molecule has 0 spiro atoms. The number of nitrogens with two attached hydrogens (primary N) is 1. The van der Waals surface area contributed by atoms with E-state index >= 15 is 0 Å². The van der Waals surface area contributed by atoms with Crippen LogP contribution in [0.25, 0.3) is 10.9 Å². The lowest BCUT2D eigenvalue weighted by Crippen LogP contribution is -1.79. The summed E-state index contributed by atoms with van der Waals surface area (Å²) < 4.78 is 1.05. The number of aromatic amines is 1. The third-order valence-corrected chi connectivity index (χ3v) is 2.17. The van der Waals surface area contributed by atoms with Crippen molar-refractivity contribution >= 4 is 32.5 Å². The van der Waals surface area contributed by atoms with Crippen LogP contribution < -0.4 is 5.73 Å². The van der Waals surface area contributed by atoms with Gasteiger partial charge in [0.1, 0.15) is 0 Å². The maximum absolute atomic E-state index is 5.69. The second-order valence-corrected chi connectivity index (χ2v) is 3.35. The molecule has 3 heteroatoms. The Balaban J connectivity index is 2.87. The van der Waals surface area contributed by atoms with E-state index in [0.29, 0.717) is 0 Å². The zero-order chi connectivity index (χ0) is 7.84. The summed E-state index contributed by atoms with van der Waals surface area (Å²) >= 11 is 3.38. The average Bonchev–Trinajstić information content (AvgIpc) is 2.33. The Hall–Kier alpha value is -0.960. The van der Waals surface area contributed by atoms with Crippen molar-refractivity contribution in [3.05, 3.63) is 28.9 Å². The number of rotatable bonds is 0. The summed E-state index contributed by atoms with van der Waals surface area (Å²) in [5, 5.41) is 1.07. The zero-order valence-electron chi connectivity index (χ0n) is 5.76. The normalized spacial score (nSPS) is 10.6. The van der Waals surface area contributed by atoms with Crippen molar-refractivity contribution in [2.45, 2.75) is 0 Å². The van der Waals surface area contributed by atoms with Crippen LogP contribution in [-0.4, -0.2) is 4.98 Å². The number of hydrogen-bond acceptors (Lipinski definition) is 1. The van der Waals surface area contributed by atoms with Crippen molar-refractivity contribution in [3.63, 3.8) is 0 Å². The second-order valence-electron chi connectivity index (χ2n) is 2.43. The van der Waals surface area contributed by atoms with Crippen LogP contribution in [0.5, 0.6) is 0 Å². The van der Waals surface area contributed by atoms with Crippen LogP contribution in [0.1, 0.15) is 0 Å². The summed E-state index contributed by atoms with van der Waals surface area (Å²) in [5.41, 5.74) is 7.56. The zero-order valence-corrected chi connectivity index (χ0v) is 7.35. The molecule has 0 aliphatic carbocycles. The van der Waals surface area contributed by atoms with Crippen molar-refractivity contribution in [2.75, 3.05) is 5.73 Å². The molecule has 0 radical (unpaired) electrons. The summed E-state index contributed by atoms with van der Waals surface area (Å²) in [6, 6.07) is 5.98. The van der Waals surface area contributed by atoms with Crippen LogP contribution >= 0.6 is 15.9 Å². The quantitative estimate of drug-likeness (QED) is 0.690. The fourth-order valence-electron chi connectivity index (χ4n) is 1.11. The van der Waals surface area contributed by atoms with Crippen LogP contribution in [0.15, 0.2) is 28.9 Å². The molecule has 2 nitrogen and oxygen atoms in total. The van der Waals surface area contributed by atoms with E-state index < -0.39 is 0 Å². The molecule has 0 atom stereocenters. The van der Waals surface area contributed by atoms with Gasteiger partial charge in [0.2, 0.25) is 0 Å². The molecule has 0 saturated carbocycles. The highest BCUT2D eigenvalue weighted by Gasteiger charge is 1.98. The molecule has 11 heavy (non-hydrogen) atoms. The Bertz CT molecular complexity index is 392. The van der Waals surface area contributed by atoms with Crippen molar-refractivity contribution in [2.24, 2.45) is 0 Å². The van der Waals surface area contributed by atoms with Crippen LogP contribution in [0.4, 0.5) is 5.69 Å². The Morgan fingerprint density at radius 1 is 1.36 bits per heavy atom. The topological polar surface area (TPSA) is 41.8 Å². The smallest absolute Gasteiger partial charge is 0.0572 e. The first-order valence-electron chi connectivity index (χ1n) is 3.29. The van der Waals surface area contributed by atoms with Crippen LogP contribution in [0, 0.1) is 0 Å². The van der Waals surface area contributed by atoms with Gasteiger partial charge in [0, 0.05) is 21.6 Å². The predicted octanol–water partition coefficient (Wildman–Crippen LogP) is 2.51. The third-order valence-electron chi connectivity index (χ3n) is 1.68. The first kappa shape index (κ1) is 6.73. The minimum Gasteiger partial charge on any atom is -0.397 e. The highest BCUT2D eigenvalue weighted by atomic mass is 79.9. The van der Waals surface area contributed by atoms with Gasteiger partial charge < -0.3 is 10.7 Å². The van der Waals surface area contributed by atoms with Crippen molar-refractivity contribution < 1.29 is 0 Å². The minimum atomic E-state index is 0.793. The van der Waals surface area contributed by atoms with Gasteiger partial charge in [-0.25, -0.2) is 0 Å². The lowest BCUT2D eigenvalue weighted by Gasteiger charge is -1.91. The first-order chi connectivity index (χ1) is 5.27. The van der Waals surface area contributed by atoms with Gasteiger partial charge in [0.05, 0.1) is 5.69 Å². The molecule has 2 aromatic rings. The van der Waals surface area contributed by atoms with Crippen molar-refractivity contribution in [3.8, 4) is 0 Å². The number of nitrogen functional groups attached to an aromatic ring is 1. The number of H-pyrrole nitrogens is 1. The summed E-state index contributed by atoms with van der Waals surface area (Å²) in [6.45, 7) is 0. The molecule has 0 amide bonds. The van der Waals surface area contributed by atoms with Crippen LogP contribution in [0.3, 0.4) is 0 Å². The third kappa shape index (κ3) is 1.01. The van der Waals surface area contributed by atoms with E-state index in [9.17, 15) is 0 Å². The molecule has 56 valence electrons. The molecule has 0 saturated heterocycles. The van der Waals surface area contributed by atoms with Crippen LogP contribution in [0.2, 0.25) is 0 Å². The fourth-order valence-corrected chi connectivity index (χ4v) is 1.48. The highest BCUT2D eigenvalue weighted by molar-refractivity contribution is 9.10. The number of halogens is 1. The first-order valence-corrected chi connectivity index (χ1v) is 4.09.